The van der Waals surface area contributed by atoms with Crippen molar-refractivity contribution in [2.45, 2.75) is 38.3 Å². The van der Waals surface area contributed by atoms with E-state index in [1.807, 2.05) is 44.2 Å². The lowest BCUT2D eigenvalue weighted by Crippen LogP contribution is -2.52. The van der Waals surface area contributed by atoms with E-state index >= 15 is 0 Å². The Morgan fingerprint density at radius 2 is 1.60 bits per heavy atom. The van der Waals surface area contributed by atoms with Gasteiger partial charge in [0.2, 0.25) is 0 Å². The molecule has 2 aromatic carbocycles. The molecule has 1 atom stereocenters. The highest BCUT2D eigenvalue weighted by Crippen LogP contribution is 2.41. The van der Waals surface area contributed by atoms with E-state index in [1.165, 1.54) is 0 Å². The quantitative estimate of drug-likeness (QED) is 0.620. The topological polar surface area (TPSA) is 87.8 Å². The molecule has 8 heteroatoms. The zero-order valence-electron chi connectivity index (χ0n) is 20.3. The van der Waals surface area contributed by atoms with Gasteiger partial charge < -0.3 is 10.0 Å². The van der Waals surface area contributed by atoms with Crippen LogP contribution in [0.25, 0.3) is 17.1 Å². The summed E-state index contributed by atoms with van der Waals surface area (Å²) in [5, 5.41) is 10.4. The van der Waals surface area contributed by atoms with Gasteiger partial charge in [-0.2, -0.15) is 0 Å². The van der Waals surface area contributed by atoms with Crippen molar-refractivity contribution in [3.05, 3.63) is 63.1 Å². The number of aromatic nitrogens is 2. The molecular weight excluding hydrogens is 444 g/mol. The SMILES string of the molecule is Cc1cc2c(cc1N1C(=O)c3c(N4CCC(C)(O)CC4)ccc4c3C(=O)C1C=C4)n(C)c(=O)n2C. The van der Waals surface area contributed by atoms with Gasteiger partial charge in [0.25, 0.3) is 5.91 Å². The zero-order valence-corrected chi connectivity index (χ0v) is 20.3. The molecule has 1 saturated heterocycles. The number of aryl methyl sites for hydroxylation is 3. The predicted octanol–water partition coefficient (Wildman–Crippen LogP) is 2.78. The van der Waals surface area contributed by atoms with Gasteiger partial charge in [-0.3, -0.25) is 23.6 Å². The van der Waals surface area contributed by atoms with Crippen LogP contribution in [0.5, 0.6) is 0 Å². The molecule has 1 amide bonds. The molecule has 3 heterocycles. The van der Waals surface area contributed by atoms with Gasteiger partial charge >= 0.3 is 5.69 Å². The fourth-order valence-electron chi connectivity index (χ4n) is 5.76. The maximum Gasteiger partial charge on any atom is 0.328 e. The molecule has 6 rings (SSSR count). The number of imidazole rings is 1. The Morgan fingerprint density at radius 1 is 0.943 bits per heavy atom. The van der Waals surface area contributed by atoms with E-state index in [4.69, 9.17) is 0 Å². The number of aliphatic hydroxyl groups is 1. The van der Waals surface area contributed by atoms with Crippen molar-refractivity contribution >= 4 is 40.2 Å². The second-order valence-corrected chi connectivity index (χ2v) is 10.3. The smallest absolute Gasteiger partial charge is 0.328 e. The number of fused-ring (bicyclic) bond motifs is 2. The summed E-state index contributed by atoms with van der Waals surface area (Å²) in [5.74, 6) is -0.309. The number of Topliss-reactive ketones (excluding diaryl/α,β-unsaturated/α-hetero) is 1. The van der Waals surface area contributed by atoms with Crippen LogP contribution in [0.2, 0.25) is 0 Å². The van der Waals surface area contributed by atoms with Gasteiger partial charge in [-0.05, 0) is 56.0 Å². The number of hydrogen-bond acceptors (Lipinski definition) is 5. The van der Waals surface area contributed by atoms with Crippen molar-refractivity contribution in [2.75, 3.05) is 22.9 Å². The summed E-state index contributed by atoms with van der Waals surface area (Å²) in [4.78, 5) is 44.1. The molecule has 1 aliphatic carbocycles. The molecule has 1 unspecified atom stereocenters. The van der Waals surface area contributed by atoms with Crippen LogP contribution in [0.1, 0.15) is 51.6 Å². The standard InChI is InChI=1S/C27H28N4O4/c1-15-13-20-21(29(4)26(34)28(20)3)14-19(15)31-18-8-6-16-5-7-17(23(25(31)33)22(16)24(18)32)30-11-9-27(2,35)10-12-30/h5-8,13-14,18,35H,9-12H2,1-4H3. The molecule has 3 aliphatic rings. The molecule has 0 saturated carbocycles. The van der Waals surface area contributed by atoms with Crippen LogP contribution in [0.3, 0.4) is 0 Å². The number of carbonyl (C=O) groups is 2. The number of piperidine rings is 1. The minimum absolute atomic E-state index is 0.0931. The summed E-state index contributed by atoms with van der Waals surface area (Å²) in [6, 6.07) is 6.84. The molecule has 2 bridgehead atoms. The third-order valence-electron chi connectivity index (χ3n) is 7.93. The number of carbonyl (C=O) groups excluding carboxylic acids is 2. The molecule has 0 spiro atoms. The highest BCUT2D eigenvalue weighted by molar-refractivity contribution is 6.28. The van der Waals surface area contributed by atoms with Crippen molar-refractivity contribution in [3.63, 3.8) is 0 Å². The lowest BCUT2D eigenvalue weighted by atomic mass is 9.82. The van der Waals surface area contributed by atoms with Gasteiger partial charge in [-0.25, -0.2) is 4.79 Å². The van der Waals surface area contributed by atoms with Crippen molar-refractivity contribution in [2.24, 2.45) is 14.1 Å². The Kier molecular flexibility index (Phi) is 4.48. The molecular formula is C27H28N4O4. The molecule has 0 radical (unpaired) electrons. The van der Waals surface area contributed by atoms with E-state index in [0.29, 0.717) is 48.3 Å². The van der Waals surface area contributed by atoms with Crippen LogP contribution in [-0.4, -0.2) is 50.7 Å². The molecule has 1 fully saturated rings. The normalized spacial score (nSPS) is 20.8. The van der Waals surface area contributed by atoms with Crippen molar-refractivity contribution in [1.82, 2.24) is 9.13 Å². The van der Waals surface area contributed by atoms with E-state index in [2.05, 4.69) is 4.90 Å². The number of ketones is 1. The van der Waals surface area contributed by atoms with Crippen LogP contribution in [-0.2, 0) is 14.1 Å². The Balaban J connectivity index is 1.53. The number of benzene rings is 2. The van der Waals surface area contributed by atoms with Crippen LogP contribution in [0, 0.1) is 6.92 Å². The summed E-state index contributed by atoms with van der Waals surface area (Å²) in [6.45, 7) is 4.95. The molecule has 1 N–H and O–H groups in total. The van der Waals surface area contributed by atoms with Gasteiger partial charge in [0, 0.05) is 32.7 Å². The maximum atomic E-state index is 14.2. The highest BCUT2D eigenvalue weighted by Gasteiger charge is 2.44. The first-order chi connectivity index (χ1) is 16.6. The van der Waals surface area contributed by atoms with E-state index in [-0.39, 0.29) is 17.4 Å². The van der Waals surface area contributed by atoms with Gasteiger partial charge in [-0.1, -0.05) is 18.2 Å². The van der Waals surface area contributed by atoms with Crippen LogP contribution in [0.15, 0.2) is 35.1 Å². The van der Waals surface area contributed by atoms with E-state index in [9.17, 15) is 19.5 Å². The van der Waals surface area contributed by atoms with Gasteiger partial charge in [-0.15, -0.1) is 0 Å². The number of amides is 1. The third-order valence-corrected chi connectivity index (χ3v) is 7.93. The fraction of sp³-hybridized carbons (Fsp3) is 0.370. The lowest BCUT2D eigenvalue weighted by molar-refractivity contribution is 0.0351. The van der Waals surface area contributed by atoms with Gasteiger partial charge in [0.15, 0.2) is 5.78 Å². The summed E-state index contributed by atoms with van der Waals surface area (Å²) in [7, 11) is 3.43. The number of nitrogens with zero attached hydrogens (tertiary/aromatic N) is 4. The highest BCUT2D eigenvalue weighted by atomic mass is 16.3. The molecule has 2 aliphatic heterocycles. The first-order valence-corrected chi connectivity index (χ1v) is 12.0. The molecule has 3 aromatic rings. The maximum absolute atomic E-state index is 14.2. The van der Waals surface area contributed by atoms with E-state index < -0.39 is 11.6 Å². The molecule has 35 heavy (non-hydrogen) atoms. The number of hydrogen-bond donors (Lipinski definition) is 1. The van der Waals surface area contributed by atoms with E-state index in [1.54, 1.807) is 34.2 Å². The minimum atomic E-state index is -0.725. The fourth-order valence-corrected chi connectivity index (χ4v) is 5.76. The van der Waals surface area contributed by atoms with Crippen molar-refractivity contribution in [1.29, 1.82) is 0 Å². The lowest BCUT2D eigenvalue weighted by Gasteiger charge is -2.42. The van der Waals surface area contributed by atoms with Crippen LogP contribution in [0.4, 0.5) is 11.4 Å². The zero-order chi connectivity index (χ0) is 24.8. The Morgan fingerprint density at radius 3 is 2.29 bits per heavy atom. The number of rotatable bonds is 2. The number of anilines is 2. The summed E-state index contributed by atoms with van der Waals surface area (Å²) in [5.41, 5.74) is 4.46. The van der Waals surface area contributed by atoms with E-state index in [0.717, 1.165) is 22.3 Å². The first-order valence-electron chi connectivity index (χ1n) is 12.0. The third kappa shape index (κ3) is 2.99. The predicted molar refractivity (Wildman–Crippen MR) is 135 cm³/mol. The van der Waals surface area contributed by atoms with Gasteiger partial charge in [0.05, 0.1) is 33.6 Å². The molecule has 180 valence electrons. The van der Waals surface area contributed by atoms with Crippen LogP contribution < -0.4 is 15.5 Å². The average molecular weight is 473 g/mol. The summed E-state index contributed by atoms with van der Waals surface area (Å²) < 4.78 is 3.14. The molecule has 1 aromatic heterocycles. The van der Waals surface area contributed by atoms with Gasteiger partial charge in [0.1, 0.15) is 6.04 Å². The van der Waals surface area contributed by atoms with Crippen molar-refractivity contribution in [3.8, 4) is 0 Å². The Bertz CT molecular complexity index is 1530. The van der Waals surface area contributed by atoms with Crippen LogP contribution >= 0.6 is 0 Å². The average Bonchev–Trinajstić information content (AvgIpc) is 3.02. The largest absolute Gasteiger partial charge is 0.390 e. The minimum Gasteiger partial charge on any atom is -0.390 e. The summed E-state index contributed by atoms with van der Waals surface area (Å²) in [6.07, 6.45) is 4.89. The molecule has 8 nitrogen and oxygen atoms in total. The monoisotopic (exact) mass is 472 g/mol. The Labute approximate surface area is 202 Å². The van der Waals surface area contributed by atoms with Crippen molar-refractivity contribution < 1.29 is 14.7 Å². The Hall–Kier alpha value is -3.65. The second kappa shape index (κ2) is 7.18. The first kappa shape index (κ1) is 21.9. The second-order valence-electron chi connectivity index (χ2n) is 10.3. The summed E-state index contributed by atoms with van der Waals surface area (Å²) >= 11 is 0.